The monoisotopic (exact) mass is 304 g/mol. The van der Waals surface area contributed by atoms with Crippen molar-refractivity contribution in [2.45, 2.75) is 50.2 Å². The Morgan fingerprint density at radius 1 is 0.944 bits per heavy atom. The van der Waals surface area contributed by atoms with Gasteiger partial charge in [-0.1, -0.05) is 0 Å². The molecular weight excluding hydrogens is 282 g/mol. The second kappa shape index (κ2) is 6.13. The Bertz CT molecular complexity index is 379. The summed E-state index contributed by atoms with van der Waals surface area (Å²) in [5, 5.41) is 0. The third-order valence-electron chi connectivity index (χ3n) is 4.64. The van der Waals surface area contributed by atoms with Gasteiger partial charge in [0, 0.05) is 0 Å². The van der Waals surface area contributed by atoms with E-state index in [2.05, 4.69) is 41.3 Å². The summed E-state index contributed by atoms with van der Waals surface area (Å²) in [6.07, 6.45) is 8.94. The van der Waals surface area contributed by atoms with Gasteiger partial charge in [0.25, 0.3) is 0 Å². The fourth-order valence-electron chi connectivity index (χ4n) is 3.75. The van der Waals surface area contributed by atoms with Crippen molar-refractivity contribution in [2.24, 2.45) is 0 Å². The zero-order valence-electron chi connectivity index (χ0n) is 10.9. The number of fused-ring (bicyclic) bond motifs is 2. The Labute approximate surface area is 117 Å². The maximum absolute atomic E-state index is 2.58. The van der Waals surface area contributed by atoms with Gasteiger partial charge >= 0.3 is 118 Å². The molecule has 94 valence electrons. The van der Waals surface area contributed by atoms with Crippen LogP contribution in [0.1, 0.15) is 38.5 Å². The molecule has 2 fully saturated rings. The predicted octanol–water partition coefficient (Wildman–Crippen LogP) is 3.67. The van der Waals surface area contributed by atoms with E-state index in [-0.39, 0.29) is 0 Å². The van der Waals surface area contributed by atoms with E-state index in [0.29, 0.717) is 15.0 Å². The molecule has 0 saturated carbocycles. The van der Waals surface area contributed by atoms with E-state index >= 15 is 0 Å². The first-order chi connectivity index (χ1) is 8.93. The van der Waals surface area contributed by atoms with Crippen molar-refractivity contribution in [1.82, 2.24) is 0 Å². The van der Waals surface area contributed by atoms with E-state index in [0.717, 1.165) is 18.3 Å². The van der Waals surface area contributed by atoms with Crippen molar-refractivity contribution in [2.75, 3.05) is 0 Å². The molecule has 0 spiro atoms. The van der Waals surface area contributed by atoms with Gasteiger partial charge in [0.2, 0.25) is 0 Å². The number of benzene rings is 1. The molecule has 1 aromatic carbocycles. The summed E-state index contributed by atoms with van der Waals surface area (Å²) < 4.78 is 1.50. The summed E-state index contributed by atoms with van der Waals surface area (Å²) in [6, 6.07) is 10.9. The molecule has 0 radical (unpaired) electrons. The molecule has 0 atom stereocenters. The van der Waals surface area contributed by atoms with E-state index in [1.165, 1.54) is 43.0 Å². The third-order valence-corrected chi connectivity index (χ3v) is 6.39. The summed E-state index contributed by atoms with van der Waals surface area (Å²) >= 11 is 0.535. The van der Waals surface area contributed by atoms with Crippen LogP contribution in [0, 0.1) is 0 Å². The summed E-state index contributed by atoms with van der Waals surface area (Å²) in [7, 11) is 0. The first-order valence-electron chi connectivity index (χ1n) is 7.32. The van der Waals surface area contributed by atoms with Gasteiger partial charge in [0.15, 0.2) is 0 Å². The van der Waals surface area contributed by atoms with Gasteiger partial charge < -0.3 is 0 Å². The molecule has 2 saturated heterocycles. The van der Waals surface area contributed by atoms with Crippen molar-refractivity contribution in [3.05, 3.63) is 41.3 Å². The SMILES string of the molecule is C(=C\B1C2CCCC1CCC2)/[Se]c1ccccc1. The number of hydrogen-bond donors (Lipinski definition) is 0. The standard InChI is InChI=1S/C16H21BSe/c1-2-10-16(11-3-1)18-13-12-17-14-6-4-7-15(17)9-5-8-14/h1-3,10-15H,4-9H2/b13-12+. The van der Waals surface area contributed by atoms with Gasteiger partial charge in [0.1, 0.15) is 0 Å². The average molecular weight is 303 g/mol. The average Bonchev–Trinajstić information content (AvgIpc) is 2.39. The molecule has 0 unspecified atom stereocenters. The van der Waals surface area contributed by atoms with E-state index in [4.69, 9.17) is 0 Å². The molecule has 2 bridgehead atoms. The Kier molecular flexibility index (Phi) is 4.28. The summed E-state index contributed by atoms with van der Waals surface area (Å²) in [4.78, 5) is 2.49. The van der Waals surface area contributed by atoms with Crippen molar-refractivity contribution < 1.29 is 0 Å². The van der Waals surface area contributed by atoms with Crippen LogP contribution in [0.3, 0.4) is 0 Å². The van der Waals surface area contributed by atoms with Crippen LogP contribution in [0.4, 0.5) is 0 Å². The van der Waals surface area contributed by atoms with Crippen LogP contribution in [-0.4, -0.2) is 21.7 Å². The van der Waals surface area contributed by atoms with E-state index < -0.39 is 0 Å². The van der Waals surface area contributed by atoms with E-state index in [9.17, 15) is 0 Å². The Morgan fingerprint density at radius 2 is 1.56 bits per heavy atom. The Morgan fingerprint density at radius 3 is 2.17 bits per heavy atom. The minimum atomic E-state index is 0.535. The van der Waals surface area contributed by atoms with Crippen molar-refractivity contribution >= 4 is 26.1 Å². The van der Waals surface area contributed by atoms with Crippen molar-refractivity contribution in [3.8, 4) is 0 Å². The van der Waals surface area contributed by atoms with E-state index in [1.807, 2.05) is 0 Å². The zero-order chi connectivity index (χ0) is 12.2. The summed E-state index contributed by atoms with van der Waals surface area (Å²) in [6.45, 7) is 0.915. The molecule has 2 aliphatic heterocycles. The fraction of sp³-hybridized carbons (Fsp3) is 0.500. The second-order valence-corrected chi connectivity index (χ2v) is 7.77. The predicted molar refractivity (Wildman–Crippen MR) is 81.9 cm³/mol. The fourth-order valence-corrected chi connectivity index (χ4v) is 5.28. The van der Waals surface area contributed by atoms with Gasteiger partial charge in [-0.2, -0.15) is 0 Å². The van der Waals surface area contributed by atoms with Crippen LogP contribution in [0.15, 0.2) is 41.3 Å². The molecule has 2 aliphatic rings. The number of rotatable bonds is 3. The van der Waals surface area contributed by atoms with Crippen LogP contribution in [-0.2, 0) is 0 Å². The first kappa shape index (κ1) is 12.6. The molecule has 0 amide bonds. The topological polar surface area (TPSA) is 0 Å². The van der Waals surface area contributed by atoms with Gasteiger partial charge in [-0.3, -0.25) is 0 Å². The Hall–Kier alpha value is -0.456. The number of hydrogen-bond acceptors (Lipinski definition) is 0. The van der Waals surface area contributed by atoms with Crippen LogP contribution in [0.25, 0.3) is 0 Å². The van der Waals surface area contributed by atoms with Gasteiger partial charge in [-0.25, -0.2) is 0 Å². The molecule has 0 N–H and O–H groups in total. The quantitative estimate of drug-likeness (QED) is 0.747. The molecule has 0 aliphatic carbocycles. The molecular formula is C16H21BSe. The molecule has 18 heavy (non-hydrogen) atoms. The van der Waals surface area contributed by atoms with Crippen LogP contribution in [0.5, 0.6) is 0 Å². The van der Waals surface area contributed by atoms with Crippen molar-refractivity contribution in [3.63, 3.8) is 0 Å². The summed E-state index contributed by atoms with van der Waals surface area (Å²) in [5.74, 6) is 4.61. The van der Waals surface area contributed by atoms with Crippen LogP contribution < -0.4 is 4.46 Å². The second-order valence-electron chi connectivity index (χ2n) is 5.72. The third kappa shape index (κ3) is 2.92. The Balaban J connectivity index is 1.61. The van der Waals surface area contributed by atoms with Gasteiger partial charge in [-0.15, -0.1) is 0 Å². The van der Waals surface area contributed by atoms with Gasteiger partial charge in [-0.05, 0) is 0 Å². The molecule has 2 heteroatoms. The molecule has 1 aromatic rings. The normalized spacial score (nSPS) is 27.7. The molecule has 0 aromatic heterocycles. The van der Waals surface area contributed by atoms with Crippen LogP contribution >= 0.6 is 0 Å². The minimum absolute atomic E-state index is 0.535. The van der Waals surface area contributed by atoms with Gasteiger partial charge in [0.05, 0.1) is 0 Å². The maximum atomic E-state index is 2.58. The van der Waals surface area contributed by atoms with E-state index in [1.54, 1.807) is 0 Å². The molecule has 2 heterocycles. The molecule has 3 rings (SSSR count). The molecule has 0 nitrogen and oxygen atoms in total. The van der Waals surface area contributed by atoms with Crippen molar-refractivity contribution in [1.29, 1.82) is 0 Å². The zero-order valence-corrected chi connectivity index (χ0v) is 12.6. The van der Waals surface area contributed by atoms with Crippen LogP contribution in [0.2, 0.25) is 11.6 Å². The first-order valence-corrected chi connectivity index (χ1v) is 9.16. The summed E-state index contributed by atoms with van der Waals surface area (Å²) in [5.41, 5.74) is 0.